The molecule has 2 aromatic rings. The lowest BCUT2D eigenvalue weighted by atomic mass is 9.81. The molecule has 126 valence electrons. The molecule has 1 heterocycles. The van der Waals surface area contributed by atoms with Gasteiger partial charge in [-0.05, 0) is 43.1 Å². The van der Waals surface area contributed by atoms with Gasteiger partial charge in [-0.3, -0.25) is 4.79 Å². The Bertz CT molecular complexity index is 672. The molecule has 1 aliphatic heterocycles. The van der Waals surface area contributed by atoms with Gasteiger partial charge in [-0.1, -0.05) is 59.6 Å². The molecule has 0 aliphatic carbocycles. The van der Waals surface area contributed by atoms with Crippen molar-refractivity contribution in [3.8, 4) is 0 Å². The third kappa shape index (κ3) is 4.00. The molecular weight excluding hydrogens is 341 g/mol. The van der Waals surface area contributed by atoms with E-state index in [0.717, 1.165) is 34.3 Å². The van der Waals surface area contributed by atoms with Crippen molar-refractivity contribution in [1.29, 1.82) is 0 Å². The maximum absolute atomic E-state index is 13.0. The lowest BCUT2D eigenvalue weighted by Crippen LogP contribution is -2.46. The van der Waals surface area contributed by atoms with Gasteiger partial charge in [0.15, 0.2) is 0 Å². The number of carbonyl (C=O) groups is 1. The minimum Gasteiger partial charge on any atom is -0.305 e. The summed E-state index contributed by atoms with van der Waals surface area (Å²) in [4.78, 5) is 15.2. The topological polar surface area (TPSA) is 20.3 Å². The number of carbonyl (C=O) groups excluding carboxylic acids is 1. The average molecular weight is 362 g/mol. The second-order valence-corrected chi connectivity index (χ2v) is 7.42. The Morgan fingerprint density at radius 3 is 1.71 bits per heavy atom. The maximum atomic E-state index is 13.0. The van der Waals surface area contributed by atoms with Crippen molar-refractivity contribution >= 4 is 29.0 Å². The summed E-state index contributed by atoms with van der Waals surface area (Å²) < 4.78 is 0. The zero-order chi connectivity index (χ0) is 17.1. The third-order valence-corrected chi connectivity index (χ3v) is 5.45. The fourth-order valence-corrected chi connectivity index (χ4v) is 3.96. The molecule has 2 nitrogen and oxygen atoms in total. The summed E-state index contributed by atoms with van der Waals surface area (Å²) in [6, 6.07) is 15.6. The van der Waals surface area contributed by atoms with Gasteiger partial charge in [-0.25, -0.2) is 0 Å². The van der Waals surface area contributed by atoms with Crippen molar-refractivity contribution in [3.63, 3.8) is 0 Å². The molecule has 0 amide bonds. The highest BCUT2D eigenvalue weighted by Gasteiger charge is 2.34. The molecule has 3 rings (SSSR count). The van der Waals surface area contributed by atoms with Crippen molar-refractivity contribution in [2.45, 2.75) is 12.8 Å². The average Bonchev–Trinajstić information content (AvgIpc) is 2.56. The number of halogens is 2. The maximum Gasteiger partial charge on any atom is 0.142 e. The molecule has 0 radical (unpaired) electrons. The van der Waals surface area contributed by atoms with Gasteiger partial charge in [-0.2, -0.15) is 0 Å². The Morgan fingerprint density at radius 2 is 1.29 bits per heavy atom. The van der Waals surface area contributed by atoms with E-state index in [9.17, 15) is 4.79 Å². The molecule has 0 bridgehead atoms. The number of likely N-dealkylation sites (tertiary alicyclic amines) is 1. The molecule has 2 unspecified atom stereocenters. The molecule has 2 atom stereocenters. The van der Waals surface area contributed by atoms with Crippen LogP contribution in [0.2, 0.25) is 10.0 Å². The van der Waals surface area contributed by atoms with Gasteiger partial charge < -0.3 is 4.90 Å². The molecule has 0 aromatic heterocycles. The first-order valence-electron chi connectivity index (χ1n) is 8.23. The highest BCUT2D eigenvalue weighted by Crippen LogP contribution is 2.28. The van der Waals surface area contributed by atoms with Crippen molar-refractivity contribution < 1.29 is 4.79 Å². The third-order valence-electron chi connectivity index (χ3n) is 4.72. The van der Waals surface area contributed by atoms with Gasteiger partial charge >= 0.3 is 0 Å². The van der Waals surface area contributed by atoms with Crippen molar-refractivity contribution in [2.24, 2.45) is 11.8 Å². The minimum atomic E-state index is -0.0175. The first kappa shape index (κ1) is 17.5. The van der Waals surface area contributed by atoms with E-state index in [0.29, 0.717) is 18.6 Å². The van der Waals surface area contributed by atoms with Gasteiger partial charge in [0.1, 0.15) is 5.78 Å². The quantitative estimate of drug-likeness (QED) is 0.797. The predicted octanol–water partition coefficient (Wildman–Crippen LogP) is 4.53. The van der Waals surface area contributed by atoms with Crippen molar-refractivity contribution in [2.75, 3.05) is 20.1 Å². The molecule has 2 aromatic carbocycles. The van der Waals surface area contributed by atoms with E-state index in [1.54, 1.807) is 0 Å². The number of Topliss-reactive ketones (excluding diaryl/α,β-unsaturated/α-hetero) is 1. The summed E-state index contributed by atoms with van der Waals surface area (Å²) in [5.74, 6) is 0.292. The Morgan fingerprint density at radius 1 is 0.875 bits per heavy atom. The fourth-order valence-electron chi connectivity index (χ4n) is 3.53. The lowest BCUT2D eigenvalue weighted by molar-refractivity contribution is -0.130. The highest BCUT2D eigenvalue weighted by atomic mass is 35.5. The zero-order valence-corrected chi connectivity index (χ0v) is 15.2. The van der Waals surface area contributed by atoms with E-state index in [1.165, 1.54) is 0 Å². The smallest absolute Gasteiger partial charge is 0.142 e. The summed E-state index contributed by atoms with van der Waals surface area (Å²) in [5, 5.41) is 1.47. The summed E-state index contributed by atoms with van der Waals surface area (Å²) in [6.45, 7) is 1.56. The molecule has 1 fully saturated rings. The second-order valence-electron chi connectivity index (χ2n) is 6.61. The van der Waals surface area contributed by atoms with Crippen LogP contribution in [0, 0.1) is 11.8 Å². The standard InChI is InChI=1S/C20H21Cl2NO/c1-23-12-16(10-14-6-2-4-8-18(14)21)20(24)17(13-23)11-15-7-3-5-9-19(15)22/h2-9,16-17H,10-13H2,1H3. The summed E-state index contributed by atoms with van der Waals surface area (Å²) in [5.41, 5.74) is 2.09. The van der Waals surface area contributed by atoms with Crippen LogP contribution in [-0.2, 0) is 17.6 Å². The van der Waals surface area contributed by atoms with Gasteiger partial charge in [-0.15, -0.1) is 0 Å². The number of piperidine rings is 1. The summed E-state index contributed by atoms with van der Waals surface area (Å²) in [6.07, 6.45) is 1.39. The van der Waals surface area contributed by atoms with E-state index in [-0.39, 0.29) is 11.8 Å². The van der Waals surface area contributed by atoms with E-state index >= 15 is 0 Å². The second kappa shape index (κ2) is 7.69. The van der Waals surface area contributed by atoms with E-state index < -0.39 is 0 Å². The monoisotopic (exact) mass is 361 g/mol. The molecule has 0 N–H and O–H groups in total. The Hall–Kier alpha value is -1.35. The number of hydrogen-bond donors (Lipinski definition) is 0. The van der Waals surface area contributed by atoms with Gasteiger partial charge in [0.05, 0.1) is 0 Å². The molecule has 24 heavy (non-hydrogen) atoms. The number of benzene rings is 2. The van der Waals surface area contributed by atoms with Crippen LogP contribution < -0.4 is 0 Å². The molecule has 0 saturated carbocycles. The Balaban J connectivity index is 1.76. The molecule has 4 heteroatoms. The van der Waals surface area contributed by atoms with Gasteiger partial charge in [0.25, 0.3) is 0 Å². The van der Waals surface area contributed by atoms with E-state index in [4.69, 9.17) is 23.2 Å². The van der Waals surface area contributed by atoms with Crippen LogP contribution in [0.3, 0.4) is 0 Å². The highest BCUT2D eigenvalue weighted by molar-refractivity contribution is 6.31. The summed E-state index contributed by atoms with van der Waals surface area (Å²) >= 11 is 12.5. The largest absolute Gasteiger partial charge is 0.305 e. The number of hydrogen-bond acceptors (Lipinski definition) is 2. The number of rotatable bonds is 4. The SMILES string of the molecule is CN1CC(Cc2ccccc2Cl)C(=O)C(Cc2ccccc2Cl)C1. The van der Waals surface area contributed by atoms with Gasteiger partial charge in [0.2, 0.25) is 0 Å². The minimum absolute atomic E-state index is 0.0175. The normalized spacial score (nSPS) is 21.9. The lowest BCUT2D eigenvalue weighted by Gasteiger charge is -2.35. The van der Waals surface area contributed by atoms with Crippen molar-refractivity contribution in [3.05, 3.63) is 69.7 Å². The van der Waals surface area contributed by atoms with E-state index in [1.807, 2.05) is 48.5 Å². The Labute approximate surface area is 153 Å². The molecule has 0 spiro atoms. The van der Waals surface area contributed by atoms with Crippen LogP contribution in [0.15, 0.2) is 48.5 Å². The summed E-state index contributed by atoms with van der Waals surface area (Å²) in [7, 11) is 2.08. The fraction of sp³-hybridized carbons (Fsp3) is 0.350. The van der Waals surface area contributed by atoms with Crippen LogP contribution >= 0.6 is 23.2 Å². The first-order chi connectivity index (χ1) is 11.5. The van der Waals surface area contributed by atoms with Crippen LogP contribution in [-0.4, -0.2) is 30.8 Å². The molecule has 1 aliphatic rings. The van der Waals surface area contributed by atoms with Crippen molar-refractivity contribution in [1.82, 2.24) is 4.90 Å². The first-order valence-corrected chi connectivity index (χ1v) is 8.99. The van der Waals surface area contributed by atoms with Crippen LogP contribution in [0.1, 0.15) is 11.1 Å². The number of nitrogens with zero attached hydrogens (tertiary/aromatic N) is 1. The predicted molar refractivity (Wildman–Crippen MR) is 99.8 cm³/mol. The van der Waals surface area contributed by atoms with E-state index in [2.05, 4.69) is 11.9 Å². The molecule has 1 saturated heterocycles. The number of ketones is 1. The Kier molecular flexibility index (Phi) is 5.60. The zero-order valence-electron chi connectivity index (χ0n) is 13.7. The van der Waals surface area contributed by atoms with Gasteiger partial charge in [0, 0.05) is 35.0 Å². The van der Waals surface area contributed by atoms with Crippen LogP contribution in [0.5, 0.6) is 0 Å². The van der Waals surface area contributed by atoms with Crippen LogP contribution in [0.25, 0.3) is 0 Å². The van der Waals surface area contributed by atoms with Crippen LogP contribution in [0.4, 0.5) is 0 Å². The molecular formula is C20H21Cl2NO.